The zero-order valence-electron chi connectivity index (χ0n) is 19.1. The molecule has 192 valence electrons. The second kappa shape index (κ2) is 11.4. The third-order valence-corrected chi connectivity index (χ3v) is 14.5. The Labute approximate surface area is 234 Å². The molecule has 0 aliphatic carbocycles. The number of rotatable bonds is 8. The molecule has 0 spiro atoms. The van der Waals surface area contributed by atoms with E-state index < -0.39 is 33.2 Å². The van der Waals surface area contributed by atoms with Gasteiger partial charge in [-0.3, -0.25) is 0 Å². The van der Waals surface area contributed by atoms with Crippen molar-refractivity contribution in [3.63, 3.8) is 0 Å². The molecule has 0 unspecified atom stereocenters. The van der Waals surface area contributed by atoms with Gasteiger partial charge >= 0.3 is 211 Å². The number of nitro benzene ring substituents is 4. The molecule has 0 N–H and O–H groups in total. The Bertz CT molecular complexity index is 1350. The van der Waals surface area contributed by atoms with Crippen LogP contribution in [0, 0.1) is 40.5 Å². The standard InChI is InChI=1S/C24H16AsN4O8.HI/c30-26(31)21-9-1-5-17(13-21)25(18-6-2-10-22(14-18)27(32)33,19-7-3-11-23(15-19)28(34)35)20-8-4-12-24(16-20)29(36)37;/h1-16H;1H/q+1;/p-1. The summed E-state index contributed by atoms with van der Waals surface area (Å²) >= 11 is -4.35. The van der Waals surface area contributed by atoms with E-state index >= 15 is 0 Å². The van der Waals surface area contributed by atoms with Crippen molar-refractivity contribution in [2.24, 2.45) is 0 Å². The SMILES string of the molecule is O=[N+]([O-])c1cccc([As+](c2cccc([N+](=O)[O-])c2)(c2cccc([N+](=O)[O-])c2)c2cccc([N+](=O)[O-])c2)c1.[I-]. The van der Waals surface area contributed by atoms with Gasteiger partial charge in [-0.05, 0) is 0 Å². The molecule has 0 aliphatic heterocycles. The smallest absolute Gasteiger partial charge is 1.00 e. The Morgan fingerprint density at radius 3 is 0.816 bits per heavy atom. The summed E-state index contributed by atoms with van der Waals surface area (Å²) in [5.74, 6) is 0. The van der Waals surface area contributed by atoms with Crippen LogP contribution in [0.4, 0.5) is 22.7 Å². The minimum atomic E-state index is -4.35. The van der Waals surface area contributed by atoms with Gasteiger partial charge in [-0.25, -0.2) is 0 Å². The van der Waals surface area contributed by atoms with Crippen LogP contribution in [-0.4, -0.2) is 33.2 Å². The zero-order chi connectivity index (χ0) is 26.7. The van der Waals surface area contributed by atoms with Crippen molar-refractivity contribution < 1.29 is 43.7 Å². The van der Waals surface area contributed by atoms with Crippen molar-refractivity contribution >= 4 is 53.7 Å². The number of halogens is 1. The van der Waals surface area contributed by atoms with Crippen LogP contribution in [0.15, 0.2) is 97.1 Å². The largest absolute Gasteiger partial charge is 1.00 e. The van der Waals surface area contributed by atoms with E-state index in [0.717, 1.165) is 0 Å². The van der Waals surface area contributed by atoms with Crippen LogP contribution in [-0.2, 0) is 0 Å². The van der Waals surface area contributed by atoms with Gasteiger partial charge in [0.05, 0.1) is 0 Å². The maximum Gasteiger partial charge on any atom is -1.00 e. The van der Waals surface area contributed by atoms with E-state index in [1.54, 1.807) is 24.3 Å². The van der Waals surface area contributed by atoms with Gasteiger partial charge in [0.2, 0.25) is 0 Å². The molecule has 0 aliphatic rings. The first-order valence-electron chi connectivity index (χ1n) is 10.5. The molecule has 4 aromatic rings. The number of non-ortho nitro benzene ring substituents is 4. The quantitative estimate of drug-likeness (QED) is 0.105. The van der Waals surface area contributed by atoms with E-state index in [9.17, 15) is 40.5 Å². The van der Waals surface area contributed by atoms with E-state index in [1.165, 1.54) is 72.8 Å². The zero-order valence-corrected chi connectivity index (χ0v) is 23.2. The molecule has 0 heterocycles. The van der Waals surface area contributed by atoms with E-state index in [-0.39, 0.29) is 46.7 Å². The van der Waals surface area contributed by atoms with Gasteiger partial charge in [0, 0.05) is 0 Å². The minimum absolute atomic E-state index is 0. The molecule has 0 aromatic heterocycles. The summed E-state index contributed by atoms with van der Waals surface area (Å²) in [6, 6.07) is 22.7. The van der Waals surface area contributed by atoms with Crippen molar-refractivity contribution in [3.8, 4) is 0 Å². The molecular formula is C24H16AsIN4O8. The summed E-state index contributed by atoms with van der Waals surface area (Å²) in [5.41, 5.74) is -1.04. The number of nitrogens with zero attached hydrogens (tertiary/aromatic N) is 4. The Morgan fingerprint density at radius 1 is 0.421 bits per heavy atom. The summed E-state index contributed by atoms with van der Waals surface area (Å²) < 4.78 is 1.59. The maximum atomic E-state index is 11.7. The Kier molecular flexibility index (Phi) is 8.53. The van der Waals surface area contributed by atoms with Crippen LogP contribution < -0.4 is 41.4 Å². The van der Waals surface area contributed by atoms with Crippen LogP contribution in [0.3, 0.4) is 0 Å². The van der Waals surface area contributed by atoms with Crippen molar-refractivity contribution in [1.82, 2.24) is 0 Å². The minimum Gasteiger partial charge on any atom is -1.00 e. The number of nitro groups is 4. The second-order valence-corrected chi connectivity index (χ2v) is 14.9. The molecule has 0 fully saturated rings. The molecule has 0 saturated carbocycles. The van der Waals surface area contributed by atoms with Crippen LogP contribution in [0.5, 0.6) is 0 Å². The molecule has 0 bridgehead atoms. The van der Waals surface area contributed by atoms with Crippen LogP contribution in [0.1, 0.15) is 0 Å². The average Bonchev–Trinajstić information content (AvgIpc) is 2.90. The Morgan fingerprint density at radius 2 is 0.632 bits per heavy atom. The molecule has 4 rings (SSSR count). The molecule has 0 amide bonds. The molecule has 14 heteroatoms. The second-order valence-electron chi connectivity index (χ2n) is 7.78. The van der Waals surface area contributed by atoms with Crippen LogP contribution >= 0.6 is 0 Å². The third-order valence-electron chi connectivity index (χ3n) is 5.71. The summed E-state index contributed by atoms with van der Waals surface area (Å²) in [5, 5.41) is 46.7. The fraction of sp³-hybridized carbons (Fsp3) is 0. The Hall–Kier alpha value is -4.23. The first kappa shape index (κ1) is 28.3. The normalized spacial score (nSPS) is 10.7. The maximum absolute atomic E-state index is 11.7. The first-order valence-corrected chi connectivity index (χ1v) is 14.3. The topological polar surface area (TPSA) is 173 Å². The fourth-order valence-corrected chi connectivity index (χ4v) is 13.2. The molecule has 12 nitrogen and oxygen atoms in total. The molecular weight excluding hydrogens is 674 g/mol. The molecule has 0 saturated heterocycles. The van der Waals surface area contributed by atoms with Gasteiger partial charge in [0.25, 0.3) is 0 Å². The monoisotopic (exact) mass is 690 g/mol. The van der Waals surface area contributed by atoms with Gasteiger partial charge in [-0.2, -0.15) is 0 Å². The Balaban J connectivity index is 0.00000400. The van der Waals surface area contributed by atoms with Gasteiger partial charge in [0.15, 0.2) is 0 Å². The number of hydrogen-bond donors (Lipinski definition) is 0. The van der Waals surface area contributed by atoms with Crippen molar-refractivity contribution in [2.75, 3.05) is 0 Å². The fourth-order valence-electron chi connectivity index (χ4n) is 4.16. The van der Waals surface area contributed by atoms with Crippen molar-refractivity contribution in [2.45, 2.75) is 0 Å². The molecule has 38 heavy (non-hydrogen) atoms. The van der Waals surface area contributed by atoms with Crippen LogP contribution in [0.2, 0.25) is 0 Å². The van der Waals surface area contributed by atoms with Gasteiger partial charge in [-0.15, -0.1) is 0 Å². The number of benzene rings is 4. The van der Waals surface area contributed by atoms with E-state index in [4.69, 9.17) is 0 Å². The first-order chi connectivity index (χ1) is 17.6. The summed E-state index contributed by atoms with van der Waals surface area (Å²) in [7, 11) is 0. The van der Waals surface area contributed by atoms with E-state index in [0.29, 0.717) is 17.4 Å². The molecule has 0 radical (unpaired) electrons. The average molecular weight is 690 g/mol. The summed E-state index contributed by atoms with van der Waals surface area (Å²) in [4.78, 5) is 44.3. The predicted molar refractivity (Wildman–Crippen MR) is 137 cm³/mol. The van der Waals surface area contributed by atoms with Gasteiger partial charge < -0.3 is 24.0 Å². The predicted octanol–water partition coefficient (Wildman–Crippen LogP) is -0.299. The molecule has 4 aromatic carbocycles. The van der Waals surface area contributed by atoms with Crippen LogP contribution in [0.25, 0.3) is 0 Å². The summed E-state index contributed by atoms with van der Waals surface area (Å²) in [6.07, 6.45) is 0. The number of hydrogen-bond acceptors (Lipinski definition) is 8. The van der Waals surface area contributed by atoms with Crippen molar-refractivity contribution in [1.29, 1.82) is 0 Å². The third kappa shape index (κ3) is 5.24. The van der Waals surface area contributed by atoms with E-state index in [1.807, 2.05) is 0 Å². The van der Waals surface area contributed by atoms with Gasteiger partial charge in [0.1, 0.15) is 0 Å². The molecule has 0 atom stereocenters. The van der Waals surface area contributed by atoms with E-state index in [2.05, 4.69) is 0 Å². The summed E-state index contributed by atoms with van der Waals surface area (Å²) in [6.45, 7) is 0. The van der Waals surface area contributed by atoms with Crippen molar-refractivity contribution in [3.05, 3.63) is 138 Å². The van der Waals surface area contributed by atoms with Gasteiger partial charge in [-0.1, -0.05) is 0 Å².